The summed E-state index contributed by atoms with van der Waals surface area (Å²) in [6.45, 7) is 1.46. The molecule has 0 saturated carbocycles. The number of rotatable bonds is 3. The molecule has 0 aliphatic carbocycles. The zero-order valence-electron chi connectivity index (χ0n) is 11.3. The standard InChI is InChI=1S/C15H15NO3S/c1-11(17)16-14-7-3-12(4-8-14)13-5-9-15(10-6-13)20(2,18)19/h3-10H,1-2H3,(H,16,17). The summed E-state index contributed by atoms with van der Waals surface area (Å²) < 4.78 is 22.8. The third-order valence-corrected chi connectivity index (χ3v) is 3.95. The summed E-state index contributed by atoms with van der Waals surface area (Å²) >= 11 is 0. The number of nitrogens with one attached hydrogen (secondary N) is 1. The average Bonchev–Trinajstić information content (AvgIpc) is 2.38. The fourth-order valence-electron chi connectivity index (χ4n) is 1.84. The van der Waals surface area contributed by atoms with E-state index in [-0.39, 0.29) is 5.91 Å². The van der Waals surface area contributed by atoms with Gasteiger partial charge < -0.3 is 5.32 Å². The smallest absolute Gasteiger partial charge is 0.221 e. The van der Waals surface area contributed by atoms with E-state index in [4.69, 9.17) is 0 Å². The number of amides is 1. The molecule has 104 valence electrons. The number of sulfone groups is 1. The number of carbonyl (C=O) groups excluding carboxylic acids is 1. The van der Waals surface area contributed by atoms with Crippen LogP contribution in [0.1, 0.15) is 6.92 Å². The van der Waals surface area contributed by atoms with Crippen molar-refractivity contribution in [3.05, 3.63) is 48.5 Å². The Hall–Kier alpha value is -2.14. The molecule has 0 heterocycles. The van der Waals surface area contributed by atoms with Crippen LogP contribution in [0.4, 0.5) is 5.69 Å². The van der Waals surface area contributed by atoms with E-state index in [1.165, 1.54) is 13.2 Å². The highest BCUT2D eigenvalue weighted by Crippen LogP contribution is 2.23. The van der Waals surface area contributed by atoms with Gasteiger partial charge in [-0.25, -0.2) is 8.42 Å². The first-order chi connectivity index (χ1) is 9.36. The van der Waals surface area contributed by atoms with Crippen LogP contribution in [0.3, 0.4) is 0 Å². The Morgan fingerprint density at radius 3 is 1.75 bits per heavy atom. The van der Waals surface area contributed by atoms with Crippen LogP contribution in [0.2, 0.25) is 0 Å². The lowest BCUT2D eigenvalue weighted by Crippen LogP contribution is -2.05. The van der Waals surface area contributed by atoms with Crippen molar-refractivity contribution >= 4 is 21.4 Å². The fourth-order valence-corrected chi connectivity index (χ4v) is 2.47. The molecular formula is C15H15NO3S. The van der Waals surface area contributed by atoms with Crippen molar-refractivity contribution in [2.24, 2.45) is 0 Å². The first-order valence-electron chi connectivity index (χ1n) is 6.04. The predicted octanol–water partition coefficient (Wildman–Crippen LogP) is 2.72. The quantitative estimate of drug-likeness (QED) is 0.945. The maximum Gasteiger partial charge on any atom is 0.221 e. The van der Waals surface area contributed by atoms with Gasteiger partial charge in [0, 0.05) is 18.9 Å². The number of anilines is 1. The third-order valence-electron chi connectivity index (χ3n) is 2.82. The van der Waals surface area contributed by atoms with Gasteiger partial charge in [0.2, 0.25) is 5.91 Å². The predicted molar refractivity (Wildman–Crippen MR) is 79.3 cm³/mol. The van der Waals surface area contributed by atoms with Crippen molar-refractivity contribution in [2.75, 3.05) is 11.6 Å². The molecule has 0 saturated heterocycles. The van der Waals surface area contributed by atoms with Crippen molar-refractivity contribution in [1.82, 2.24) is 0 Å². The lowest BCUT2D eigenvalue weighted by atomic mass is 10.1. The zero-order chi connectivity index (χ0) is 14.8. The highest BCUT2D eigenvalue weighted by molar-refractivity contribution is 7.90. The maximum absolute atomic E-state index is 11.4. The van der Waals surface area contributed by atoms with Crippen LogP contribution in [-0.2, 0) is 14.6 Å². The minimum Gasteiger partial charge on any atom is -0.326 e. The molecule has 0 radical (unpaired) electrons. The van der Waals surface area contributed by atoms with Gasteiger partial charge >= 0.3 is 0 Å². The van der Waals surface area contributed by atoms with Crippen LogP contribution in [0.15, 0.2) is 53.4 Å². The van der Waals surface area contributed by atoms with Gasteiger partial charge in [0.15, 0.2) is 9.84 Å². The number of benzene rings is 2. The second-order valence-corrected chi connectivity index (χ2v) is 6.57. The van der Waals surface area contributed by atoms with Crippen LogP contribution >= 0.6 is 0 Å². The normalized spacial score (nSPS) is 11.1. The van der Waals surface area contributed by atoms with Gasteiger partial charge in [-0.3, -0.25) is 4.79 Å². The van der Waals surface area contributed by atoms with Crippen molar-refractivity contribution in [3.63, 3.8) is 0 Å². The Morgan fingerprint density at radius 1 is 0.900 bits per heavy atom. The van der Waals surface area contributed by atoms with Gasteiger partial charge in [0.05, 0.1) is 4.90 Å². The Bertz CT molecular complexity index is 717. The molecule has 0 aromatic heterocycles. The zero-order valence-corrected chi connectivity index (χ0v) is 12.1. The molecule has 0 aliphatic rings. The van der Waals surface area contributed by atoms with E-state index in [2.05, 4.69) is 5.32 Å². The molecule has 1 amide bonds. The van der Waals surface area contributed by atoms with Crippen LogP contribution in [0, 0.1) is 0 Å². The Morgan fingerprint density at radius 2 is 1.35 bits per heavy atom. The molecule has 2 aromatic carbocycles. The van der Waals surface area contributed by atoms with Gasteiger partial charge in [-0.15, -0.1) is 0 Å². The van der Waals surface area contributed by atoms with E-state index >= 15 is 0 Å². The number of hydrogen-bond donors (Lipinski definition) is 1. The molecule has 0 bridgehead atoms. The van der Waals surface area contributed by atoms with Crippen LogP contribution in [0.5, 0.6) is 0 Å². The molecule has 20 heavy (non-hydrogen) atoms. The third kappa shape index (κ3) is 3.45. The lowest BCUT2D eigenvalue weighted by molar-refractivity contribution is -0.114. The highest BCUT2D eigenvalue weighted by atomic mass is 32.2. The summed E-state index contributed by atoms with van der Waals surface area (Å²) in [4.78, 5) is 11.2. The van der Waals surface area contributed by atoms with Gasteiger partial charge in [0.1, 0.15) is 0 Å². The van der Waals surface area contributed by atoms with Crippen molar-refractivity contribution in [3.8, 4) is 11.1 Å². The molecule has 0 fully saturated rings. The van der Waals surface area contributed by atoms with E-state index in [1.807, 2.05) is 12.1 Å². The first-order valence-corrected chi connectivity index (χ1v) is 7.93. The molecule has 2 aromatic rings. The Balaban J connectivity index is 2.26. The molecule has 0 spiro atoms. The summed E-state index contributed by atoms with van der Waals surface area (Å²) in [6.07, 6.45) is 1.18. The average molecular weight is 289 g/mol. The van der Waals surface area contributed by atoms with Crippen LogP contribution in [-0.4, -0.2) is 20.6 Å². The molecule has 2 rings (SSSR count). The summed E-state index contributed by atoms with van der Waals surface area (Å²) in [7, 11) is -3.17. The molecular weight excluding hydrogens is 274 g/mol. The summed E-state index contributed by atoms with van der Waals surface area (Å²) in [5.74, 6) is -0.116. The minimum atomic E-state index is -3.17. The first kappa shape index (κ1) is 14.3. The Kier molecular flexibility index (Phi) is 3.90. The summed E-state index contributed by atoms with van der Waals surface area (Å²) in [6, 6.07) is 14.1. The number of carbonyl (C=O) groups is 1. The van der Waals surface area contributed by atoms with Gasteiger partial charge in [-0.1, -0.05) is 24.3 Å². The SMILES string of the molecule is CC(=O)Nc1ccc(-c2ccc(S(C)(=O)=O)cc2)cc1. The van der Waals surface area contributed by atoms with Crippen molar-refractivity contribution in [1.29, 1.82) is 0 Å². The van der Waals surface area contributed by atoms with Gasteiger partial charge in [0.25, 0.3) is 0 Å². The summed E-state index contributed by atoms with van der Waals surface area (Å²) in [5, 5.41) is 2.69. The Labute approximate surface area is 118 Å². The van der Waals surface area contributed by atoms with E-state index in [1.54, 1.807) is 36.4 Å². The van der Waals surface area contributed by atoms with Crippen LogP contribution < -0.4 is 5.32 Å². The monoisotopic (exact) mass is 289 g/mol. The lowest BCUT2D eigenvalue weighted by Gasteiger charge is -2.06. The second kappa shape index (κ2) is 5.46. The highest BCUT2D eigenvalue weighted by Gasteiger charge is 2.06. The molecule has 0 atom stereocenters. The molecule has 0 unspecified atom stereocenters. The van der Waals surface area contributed by atoms with Crippen molar-refractivity contribution < 1.29 is 13.2 Å². The topological polar surface area (TPSA) is 63.2 Å². The van der Waals surface area contributed by atoms with Crippen molar-refractivity contribution in [2.45, 2.75) is 11.8 Å². The maximum atomic E-state index is 11.4. The fraction of sp³-hybridized carbons (Fsp3) is 0.133. The van der Waals surface area contributed by atoms with E-state index in [0.717, 1.165) is 16.8 Å². The number of hydrogen-bond acceptors (Lipinski definition) is 3. The van der Waals surface area contributed by atoms with E-state index in [0.29, 0.717) is 4.90 Å². The van der Waals surface area contributed by atoms with Crippen LogP contribution in [0.25, 0.3) is 11.1 Å². The van der Waals surface area contributed by atoms with Gasteiger partial charge in [-0.05, 0) is 35.4 Å². The minimum absolute atomic E-state index is 0.116. The molecule has 0 aliphatic heterocycles. The second-order valence-electron chi connectivity index (χ2n) is 4.56. The molecule has 1 N–H and O–H groups in total. The molecule has 4 nitrogen and oxygen atoms in total. The summed E-state index contributed by atoms with van der Waals surface area (Å²) in [5.41, 5.74) is 2.61. The van der Waals surface area contributed by atoms with E-state index in [9.17, 15) is 13.2 Å². The van der Waals surface area contributed by atoms with Gasteiger partial charge in [-0.2, -0.15) is 0 Å². The molecule has 5 heteroatoms. The largest absolute Gasteiger partial charge is 0.326 e. The van der Waals surface area contributed by atoms with E-state index < -0.39 is 9.84 Å².